The number of rotatable bonds is 6. The van der Waals surface area contributed by atoms with Gasteiger partial charge in [-0.1, -0.05) is 20.3 Å². The van der Waals surface area contributed by atoms with Crippen molar-refractivity contribution in [2.24, 2.45) is 0 Å². The van der Waals surface area contributed by atoms with E-state index in [4.69, 9.17) is 0 Å². The Morgan fingerprint density at radius 1 is 1.33 bits per heavy atom. The molecule has 0 radical (unpaired) electrons. The second-order valence-electron chi connectivity index (χ2n) is 5.51. The summed E-state index contributed by atoms with van der Waals surface area (Å²) in [7, 11) is 0. The first-order chi connectivity index (χ1) is 9.99. The van der Waals surface area contributed by atoms with Crippen LogP contribution in [0.5, 0.6) is 0 Å². The minimum absolute atomic E-state index is 0.326. The topological polar surface area (TPSA) is 62.5 Å². The minimum atomic E-state index is -0.914. The molecule has 1 atom stereocenters. The van der Waals surface area contributed by atoms with Crippen molar-refractivity contribution >= 4 is 16.9 Å². The highest BCUT2D eigenvalue weighted by molar-refractivity contribution is 6.04. The maximum absolute atomic E-state index is 11.6. The summed E-state index contributed by atoms with van der Waals surface area (Å²) in [5, 5.41) is 20.4. The number of aromatic nitrogens is 1. The smallest absolute Gasteiger partial charge is 0.337 e. The van der Waals surface area contributed by atoms with Crippen molar-refractivity contribution in [3.8, 4) is 0 Å². The number of unbranched alkanes of at least 4 members (excludes halogenated alkanes) is 1. The van der Waals surface area contributed by atoms with E-state index in [1.54, 1.807) is 13.0 Å². The molecule has 4 heteroatoms. The number of fused-ring (bicyclic) bond motifs is 1. The van der Waals surface area contributed by atoms with Crippen molar-refractivity contribution in [3.63, 3.8) is 0 Å². The van der Waals surface area contributed by atoms with Gasteiger partial charge < -0.3 is 14.8 Å². The molecule has 1 aromatic heterocycles. The van der Waals surface area contributed by atoms with Crippen LogP contribution in [0.25, 0.3) is 10.9 Å². The van der Waals surface area contributed by atoms with E-state index in [9.17, 15) is 15.0 Å². The molecular weight excluding hydrogens is 266 g/mol. The van der Waals surface area contributed by atoms with Crippen LogP contribution in [0, 0.1) is 0 Å². The Kier molecular flexibility index (Phi) is 4.68. The number of aryl methyl sites for hydroxylation is 2. The fourth-order valence-corrected chi connectivity index (χ4v) is 2.73. The van der Waals surface area contributed by atoms with Gasteiger partial charge in [0.1, 0.15) is 0 Å². The van der Waals surface area contributed by atoms with Gasteiger partial charge in [0.25, 0.3) is 0 Å². The molecule has 0 aliphatic carbocycles. The van der Waals surface area contributed by atoms with Gasteiger partial charge in [-0.3, -0.25) is 0 Å². The first-order valence-electron chi connectivity index (χ1n) is 7.56. The van der Waals surface area contributed by atoms with Gasteiger partial charge in [-0.25, -0.2) is 4.79 Å². The molecule has 1 heterocycles. The monoisotopic (exact) mass is 289 g/mol. The van der Waals surface area contributed by atoms with Gasteiger partial charge in [0.05, 0.1) is 17.2 Å². The summed E-state index contributed by atoms with van der Waals surface area (Å²) in [5.41, 5.74) is 2.84. The molecule has 0 spiro atoms. The molecule has 4 nitrogen and oxygen atoms in total. The molecule has 1 aromatic carbocycles. The van der Waals surface area contributed by atoms with Crippen LogP contribution < -0.4 is 0 Å². The third-order valence-electron chi connectivity index (χ3n) is 3.90. The number of carboxylic acid groups (broad SMARTS) is 1. The Balaban J connectivity index is 2.76. The molecule has 0 fully saturated rings. The van der Waals surface area contributed by atoms with E-state index in [2.05, 4.69) is 6.92 Å². The van der Waals surface area contributed by atoms with Crippen LogP contribution in [-0.2, 0) is 13.0 Å². The zero-order valence-electron chi connectivity index (χ0n) is 12.9. The minimum Gasteiger partial charge on any atom is -0.478 e. The van der Waals surface area contributed by atoms with Gasteiger partial charge in [0.2, 0.25) is 0 Å². The Bertz CT molecular complexity index is 656. The second kappa shape index (κ2) is 6.31. The quantitative estimate of drug-likeness (QED) is 0.851. The van der Waals surface area contributed by atoms with E-state index in [1.807, 2.05) is 23.8 Å². The average molecular weight is 289 g/mol. The number of benzene rings is 1. The lowest BCUT2D eigenvalue weighted by atomic mass is 10.0. The molecule has 114 valence electrons. The van der Waals surface area contributed by atoms with E-state index < -0.39 is 12.1 Å². The number of aliphatic hydroxyl groups excluding tert-OH is 1. The first-order valence-corrected chi connectivity index (χ1v) is 7.56. The summed E-state index contributed by atoms with van der Waals surface area (Å²) in [6.45, 7) is 6.60. The van der Waals surface area contributed by atoms with E-state index in [-0.39, 0.29) is 0 Å². The molecule has 1 unspecified atom stereocenters. The van der Waals surface area contributed by atoms with Gasteiger partial charge in [-0.2, -0.15) is 0 Å². The van der Waals surface area contributed by atoms with Crippen LogP contribution in [0.1, 0.15) is 61.2 Å². The third kappa shape index (κ3) is 2.95. The molecule has 0 aliphatic heterocycles. The summed E-state index contributed by atoms with van der Waals surface area (Å²) in [6.07, 6.45) is 4.09. The Morgan fingerprint density at radius 2 is 2.05 bits per heavy atom. The van der Waals surface area contributed by atoms with Gasteiger partial charge in [-0.15, -0.1) is 0 Å². The van der Waals surface area contributed by atoms with Crippen molar-refractivity contribution in [1.82, 2.24) is 4.57 Å². The fourth-order valence-electron chi connectivity index (χ4n) is 2.73. The van der Waals surface area contributed by atoms with Gasteiger partial charge in [0.15, 0.2) is 0 Å². The van der Waals surface area contributed by atoms with Crippen LogP contribution in [0.2, 0.25) is 0 Å². The molecule has 21 heavy (non-hydrogen) atoms. The highest BCUT2D eigenvalue weighted by Gasteiger charge is 2.19. The molecule has 0 saturated heterocycles. The van der Waals surface area contributed by atoms with Gasteiger partial charge in [-0.05, 0) is 37.5 Å². The largest absolute Gasteiger partial charge is 0.478 e. The van der Waals surface area contributed by atoms with E-state index in [0.29, 0.717) is 5.56 Å². The predicted octanol–water partition coefficient (Wildman–Crippen LogP) is 3.76. The summed E-state index contributed by atoms with van der Waals surface area (Å²) in [5.74, 6) is -0.914. The van der Waals surface area contributed by atoms with Gasteiger partial charge >= 0.3 is 5.97 Å². The molecule has 2 aromatic rings. The van der Waals surface area contributed by atoms with Crippen LogP contribution in [0.15, 0.2) is 18.3 Å². The first kappa shape index (κ1) is 15.6. The number of aromatic carboxylic acids is 1. The van der Waals surface area contributed by atoms with Crippen LogP contribution in [0.3, 0.4) is 0 Å². The normalized spacial score (nSPS) is 12.8. The van der Waals surface area contributed by atoms with Crippen molar-refractivity contribution in [2.75, 3.05) is 0 Å². The van der Waals surface area contributed by atoms with Crippen molar-refractivity contribution in [3.05, 3.63) is 35.0 Å². The molecule has 0 amide bonds. The highest BCUT2D eigenvalue weighted by atomic mass is 16.4. The number of hydrogen-bond acceptors (Lipinski definition) is 2. The summed E-state index contributed by atoms with van der Waals surface area (Å²) < 4.78 is 1.98. The zero-order valence-corrected chi connectivity index (χ0v) is 12.9. The Hall–Kier alpha value is -1.81. The lowest BCUT2D eigenvalue weighted by Gasteiger charge is -2.09. The number of carboxylic acids is 1. The summed E-state index contributed by atoms with van der Waals surface area (Å²) >= 11 is 0. The van der Waals surface area contributed by atoms with Crippen molar-refractivity contribution in [2.45, 2.75) is 52.7 Å². The summed E-state index contributed by atoms with van der Waals surface area (Å²) in [4.78, 5) is 11.6. The maximum Gasteiger partial charge on any atom is 0.337 e. The van der Waals surface area contributed by atoms with E-state index >= 15 is 0 Å². The zero-order chi connectivity index (χ0) is 15.6. The predicted molar refractivity (Wildman–Crippen MR) is 83.8 cm³/mol. The number of aliphatic hydroxyl groups is 1. The Morgan fingerprint density at radius 3 is 2.57 bits per heavy atom. The maximum atomic E-state index is 11.6. The van der Waals surface area contributed by atoms with Crippen LogP contribution in [-0.4, -0.2) is 20.7 Å². The summed E-state index contributed by atoms with van der Waals surface area (Å²) in [6, 6.07) is 3.76. The van der Waals surface area contributed by atoms with Crippen molar-refractivity contribution < 1.29 is 15.0 Å². The molecular formula is C17H23NO3. The molecule has 0 saturated carbocycles. The van der Waals surface area contributed by atoms with Crippen LogP contribution >= 0.6 is 0 Å². The van der Waals surface area contributed by atoms with Crippen LogP contribution in [0.4, 0.5) is 0 Å². The third-order valence-corrected chi connectivity index (χ3v) is 3.90. The van der Waals surface area contributed by atoms with E-state index in [1.165, 1.54) is 0 Å². The van der Waals surface area contributed by atoms with E-state index in [0.717, 1.165) is 47.8 Å². The van der Waals surface area contributed by atoms with Gasteiger partial charge in [0, 0.05) is 23.7 Å². The molecule has 2 N–H and O–H groups in total. The molecule has 0 aliphatic rings. The SMILES string of the molecule is CCCCn1cc(C(C)O)c2cc(CC)cc(C(=O)O)c21. The highest BCUT2D eigenvalue weighted by Crippen LogP contribution is 2.31. The lowest BCUT2D eigenvalue weighted by Crippen LogP contribution is -2.04. The number of hydrogen-bond donors (Lipinski definition) is 2. The molecule has 0 bridgehead atoms. The second-order valence-corrected chi connectivity index (χ2v) is 5.51. The molecule has 2 rings (SSSR count). The number of nitrogens with zero attached hydrogens (tertiary/aromatic N) is 1. The standard InChI is InChI=1S/C17H23NO3/c1-4-6-7-18-10-15(11(3)19)13-8-12(5-2)9-14(16(13)18)17(20)21/h8-11,19H,4-7H2,1-3H3,(H,20,21). The fraction of sp³-hybridized carbons (Fsp3) is 0.471. The lowest BCUT2D eigenvalue weighted by molar-refractivity contribution is 0.0698. The Labute approximate surface area is 125 Å². The number of carbonyl (C=O) groups is 1. The average Bonchev–Trinajstić information content (AvgIpc) is 2.82. The van der Waals surface area contributed by atoms with Crippen molar-refractivity contribution in [1.29, 1.82) is 0 Å².